The number of hydrogen-bond donors (Lipinski definition) is 0. The summed E-state index contributed by atoms with van der Waals surface area (Å²) in [6.07, 6.45) is 2.11. The Morgan fingerprint density at radius 2 is 1.83 bits per heavy atom. The van der Waals surface area contributed by atoms with E-state index in [4.69, 9.17) is 27.9 Å². The van der Waals surface area contributed by atoms with E-state index in [1.54, 1.807) is 17.4 Å². The summed E-state index contributed by atoms with van der Waals surface area (Å²) in [4.78, 5) is 6.91. The van der Waals surface area contributed by atoms with Crippen LogP contribution in [0.3, 0.4) is 0 Å². The number of thiazole rings is 1. The molecule has 1 fully saturated rings. The van der Waals surface area contributed by atoms with Gasteiger partial charge in [-0.2, -0.15) is 0 Å². The van der Waals surface area contributed by atoms with Gasteiger partial charge in [-0.1, -0.05) is 29.3 Å². The lowest BCUT2D eigenvalue weighted by Crippen LogP contribution is -2.38. The fourth-order valence-corrected chi connectivity index (χ4v) is 4.33. The van der Waals surface area contributed by atoms with Crippen LogP contribution in [0.25, 0.3) is 10.2 Å². The molecule has 0 amide bonds. The van der Waals surface area contributed by atoms with Gasteiger partial charge in [-0.15, -0.1) is 11.3 Å². The second kappa shape index (κ2) is 6.79. The molecule has 1 saturated heterocycles. The van der Waals surface area contributed by atoms with Gasteiger partial charge in [0.1, 0.15) is 17.4 Å². The number of halogens is 2. The van der Waals surface area contributed by atoms with Gasteiger partial charge in [-0.25, -0.2) is 4.98 Å². The van der Waals surface area contributed by atoms with Crippen molar-refractivity contribution in [3.8, 4) is 5.75 Å². The highest BCUT2D eigenvalue weighted by Crippen LogP contribution is 2.31. The van der Waals surface area contributed by atoms with Crippen molar-refractivity contribution in [2.24, 2.45) is 0 Å². The molecule has 0 unspecified atom stereocenters. The summed E-state index contributed by atoms with van der Waals surface area (Å²) in [5.41, 5.74) is 4.23. The number of benzene rings is 2. The SMILES string of the molecule is Clc1cc(Cl)cc(OC2CCN(c3cccc4scnc34)CC2)c1. The number of rotatable bonds is 3. The Morgan fingerprint density at radius 1 is 1.08 bits per heavy atom. The summed E-state index contributed by atoms with van der Waals surface area (Å²) >= 11 is 13.8. The van der Waals surface area contributed by atoms with Crippen LogP contribution in [0.2, 0.25) is 10.0 Å². The Kier molecular flexibility index (Phi) is 4.53. The maximum atomic E-state index is 6.06. The van der Waals surface area contributed by atoms with Crippen LogP contribution in [0.1, 0.15) is 12.8 Å². The number of para-hydroxylation sites is 1. The third-order valence-corrected chi connectivity index (χ3v) is 5.49. The maximum Gasteiger partial charge on any atom is 0.122 e. The third kappa shape index (κ3) is 3.32. The van der Waals surface area contributed by atoms with E-state index in [1.165, 1.54) is 10.4 Å². The van der Waals surface area contributed by atoms with Crippen LogP contribution in [0.5, 0.6) is 5.75 Å². The summed E-state index contributed by atoms with van der Waals surface area (Å²) in [5, 5.41) is 1.20. The minimum Gasteiger partial charge on any atom is -0.490 e. The van der Waals surface area contributed by atoms with Crippen LogP contribution in [-0.4, -0.2) is 24.2 Å². The highest BCUT2D eigenvalue weighted by molar-refractivity contribution is 7.16. The van der Waals surface area contributed by atoms with Gasteiger partial charge in [0.2, 0.25) is 0 Å². The molecule has 24 heavy (non-hydrogen) atoms. The molecule has 1 aliphatic heterocycles. The molecule has 1 aromatic heterocycles. The molecule has 0 radical (unpaired) electrons. The van der Waals surface area contributed by atoms with Gasteiger partial charge in [0.05, 0.1) is 15.9 Å². The molecule has 0 spiro atoms. The van der Waals surface area contributed by atoms with Crippen molar-refractivity contribution >= 4 is 50.4 Å². The molecule has 2 aromatic carbocycles. The standard InChI is InChI=1S/C18H16Cl2N2OS/c19-12-8-13(20)10-15(9-12)23-14-4-6-22(7-5-14)16-2-1-3-17-18(16)21-11-24-17/h1-3,8-11,14H,4-7H2. The van der Waals surface area contributed by atoms with Crippen molar-refractivity contribution in [1.29, 1.82) is 0 Å². The van der Waals surface area contributed by atoms with Crippen molar-refractivity contribution < 1.29 is 4.74 Å². The maximum absolute atomic E-state index is 6.06. The van der Waals surface area contributed by atoms with E-state index in [9.17, 15) is 0 Å². The summed E-state index contributed by atoms with van der Waals surface area (Å²) in [7, 11) is 0. The molecule has 1 aliphatic rings. The number of aromatic nitrogens is 1. The lowest BCUT2D eigenvalue weighted by atomic mass is 10.1. The Hall–Kier alpha value is -1.49. The summed E-state index contributed by atoms with van der Waals surface area (Å²) in [6, 6.07) is 11.7. The zero-order valence-corrected chi connectivity index (χ0v) is 15.2. The summed E-state index contributed by atoms with van der Waals surface area (Å²) in [5.74, 6) is 0.743. The Labute approximate surface area is 154 Å². The molecule has 0 aliphatic carbocycles. The molecule has 0 atom stereocenters. The molecule has 124 valence electrons. The molecular weight excluding hydrogens is 363 g/mol. The van der Waals surface area contributed by atoms with E-state index in [0.717, 1.165) is 37.2 Å². The highest BCUT2D eigenvalue weighted by atomic mass is 35.5. The fourth-order valence-electron chi connectivity index (χ4n) is 3.13. The van der Waals surface area contributed by atoms with Crippen LogP contribution in [0.4, 0.5) is 5.69 Å². The second-order valence-electron chi connectivity index (χ2n) is 5.89. The third-order valence-electron chi connectivity index (χ3n) is 4.26. The smallest absolute Gasteiger partial charge is 0.122 e. The topological polar surface area (TPSA) is 25.4 Å². The first-order chi connectivity index (χ1) is 11.7. The lowest BCUT2D eigenvalue weighted by molar-refractivity contribution is 0.171. The largest absolute Gasteiger partial charge is 0.490 e. The van der Waals surface area contributed by atoms with Gasteiger partial charge in [0, 0.05) is 36.0 Å². The van der Waals surface area contributed by atoms with Crippen LogP contribution >= 0.6 is 34.5 Å². The average molecular weight is 379 g/mol. The van der Waals surface area contributed by atoms with Crippen molar-refractivity contribution in [1.82, 2.24) is 4.98 Å². The molecule has 0 bridgehead atoms. The highest BCUT2D eigenvalue weighted by Gasteiger charge is 2.22. The molecule has 3 aromatic rings. The van der Waals surface area contributed by atoms with Crippen LogP contribution in [-0.2, 0) is 0 Å². The van der Waals surface area contributed by atoms with Gasteiger partial charge in [0.15, 0.2) is 0 Å². The molecule has 0 N–H and O–H groups in total. The quantitative estimate of drug-likeness (QED) is 0.588. The van der Waals surface area contributed by atoms with Crippen molar-refractivity contribution in [2.75, 3.05) is 18.0 Å². The van der Waals surface area contributed by atoms with E-state index in [0.29, 0.717) is 10.0 Å². The number of piperidine rings is 1. The van der Waals surface area contributed by atoms with Crippen molar-refractivity contribution in [3.63, 3.8) is 0 Å². The van der Waals surface area contributed by atoms with E-state index in [2.05, 4.69) is 28.1 Å². The minimum absolute atomic E-state index is 0.186. The van der Waals surface area contributed by atoms with Gasteiger partial charge >= 0.3 is 0 Å². The lowest BCUT2D eigenvalue weighted by Gasteiger charge is -2.33. The molecule has 2 heterocycles. The summed E-state index contributed by atoms with van der Waals surface area (Å²) in [6.45, 7) is 1.91. The number of nitrogens with zero attached hydrogens (tertiary/aromatic N) is 2. The number of anilines is 1. The average Bonchev–Trinajstić information content (AvgIpc) is 3.03. The predicted molar refractivity (Wildman–Crippen MR) is 102 cm³/mol. The molecular formula is C18H16Cl2N2OS. The number of fused-ring (bicyclic) bond motifs is 1. The van der Waals surface area contributed by atoms with Gasteiger partial charge in [-0.05, 0) is 30.3 Å². The van der Waals surface area contributed by atoms with Crippen LogP contribution in [0, 0.1) is 0 Å². The van der Waals surface area contributed by atoms with Gasteiger partial charge in [0.25, 0.3) is 0 Å². The van der Waals surface area contributed by atoms with E-state index in [-0.39, 0.29) is 6.10 Å². The van der Waals surface area contributed by atoms with E-state index < -0.39 is 0 Å². The van der Waals surface area contributed by atoms with Crippen LogP contribution in [0.15, 0.2) is 41.9 Å². The van der Waals surface area contributed by atoms with E-state index >= 15 is 0 Å². The van der Waals surface area contributed by atoms with E-state index in [1.807, 2.05) is 17.6 Å². The Balaban J connectivity index is 1.44. The molecule has 4 rings (SSSR count). The monoisotopic (exact) mass is 378 g/mol. The first kappa shape index (κ1) is 16.0. The van der Waals surface area contributed by atoms with Crippen molar-refractivity contribution in [3.05, 3.63) is 52.0 Å². The molecule has 6 heteroatoms. The van der Waals surface area contributed by atoms with Crippen molar-refractivity contribution in [2.45, 2.75) is 18.9 Å². The Morgan fingerprint density at radius 3 is 2.58 bits per heavy atom. The summed E-state index contributed by atoms with van der Waals surface area (Å²) < 4.78 is 7.30. The molecule has 0 saturated carbocycles. The second-order valence-corrected chi connectivity index (χ2v) is 7.64. The fraction of sp³-hybridized carbons (Fsp3) is 0.278. The van der Waals surface area contributed by atoms with Gasteiger partial charge < -0.3 is 9.64 Å². The first-order valence-corrected chi connectivity index (χ1v) is 9.52. The van der Waals surface area contributed by atoms with Gasteiger partial charge in [-0.3, -0.25) is 0 Å². The Bertz CT molecular complexity index is 839. The zero-order chi connectivity index (χ0) is 16.5. The molecule has 3 nitrogen and oxygen atoms in total. The zero-order valence-electron chi connectivity index (χ0n) is 12.9. The minimum atomic E-state index is 0.186. The van der Waals surface area contributed by atoms with Crippen LogP contribution < -0.4 is 9.64 Å². The number of ether oxygens (including phenoxy) is 1. The normalized spacial score (nSPS) is 15.8. The first-order valence-electron chi connectivity index (χ1n) is 7.89. The predicted octanol–water partition coefficient (Wildman–Crippen LogP) is 5.65. The number of hydrogen-bond acceptors (Lipinski definition) is 4.